The monoisotopic (exact) mass is 268 g/mol. The van der Waals surface area contributed by atoms with Gasteiger partial charge in [0.1, 0.15) is 5.69 Å². The number of aromatic carboxylic acids is 1. The molecule has 0 bridgehead atoms. The van der Waals surface area contributed by atoms with Crippen molar-refractivity contribution in [2.75, 3.05) is 5.32 Å². The smallest absolute Gasteiger partial charge is 0.354 e. The number of pyridine rings is 1. The molecule has 0 aliphatic rings. The van der Waals surface area contributed by atoms with E-state index in [0.717, 1.165) is 12.1 Å². The van der Waals surface area contributed by atoms with Gasteiger partial charge in [-0.25, -0.2) is 22.9 Å². The van der Waals surface area contributed by atoms with Gasteiger partial charge < -0.3 is 10.4 Å². The van der Waals surface area contributed by atoms with Gasteiger partial charge in [0.05, 0.1) is 11.9 Å². The lowest BCUT2D eigenvalue weighted by atomic mass is 10.2. The summed E-state index contributed by atoms with van der Waals surface area (Å²) in [5, 5.41) is 11.2. The van der Waals surface area contributed by atoms with Crippen molar-refractivity contribution in [3.05, 3.63) is 53.6 Å². The zero-order valence-corrected chi connectivity index (χ0v) is 9.32. The zero-order valence-electron chi connectivity index (χ0n) is 9.32. The largest absolute Gasteiger partial charge is 0.477 e. The van der Waals surface area contributed by atoms with E-state index in [0.29, 0.717) is 5.69 Å². The van der Waals surface area contributed by atoms with Crippen LogP contribution >= 0.6 is 0 Å². The molecule has 98 valence electrons. The van der Waals surface area contributed by atoms with Crippen molar-refractivity contribution in [1.82, 2.24) is 4.98 Å². The summed E-state index contributed by atoms with van der Waals surface area (Å²) in [6.45, 7) is 0. The molecular weight excluding hydrogens is 261 g/mol. The second kappa shape index (κ2) is 4.97. The van der Waals surface area contributed by atoms with Crippen molar-refractivity contribution < 1.29 is 23.1 Å². The minimum absolute atomic E-state index is 0.0127. The Morgan fingerprint density at radius 2 is 1.74 bits per heavy atom. The Kier molecular flexibility index (Phi) is 3.37. The molecule has 1 heterocycles. The number of hydrogen-bond donors (Lipinski definition) is 2. The van der Waals surface area contributed by atoms with Crippen LogP contribution in [0.15, 0.2) is 30.5 Å². The second-order valence-electron chi connectivity index (χ2n) is 3.62. The molecule has 2 aromatic rings. The average molecular weight is 268 g/mol. The summed E-state index contributed by atoms with van der Waals surface area (Å²) < 4.78 is 38.7. The molecule has 19 heavy (non-hydrogen) atoms. The summed E-state index contributed by atoms with van der Waals surface area (Å²) in [4.78, 5) is 14.2. The highest BCUT2D eigenvalue weighted by Crippen LogP contribution is 2.21. The Bertz CT molecular complexity index is 606. The fraction of sp³-hybridized carbons (Fsp3) is 0. The lowest BCUT2D eigenvalue weighted by molar-refractivity contribution is 0.0690. The molecule has 0 unspecified atom stereocenters. The molecule has 0 radical (unpaired) electrons. The number of rotatable bonds is 3. The second-order valence-corrected chi connectivity index (χ2v) is 3.62. The summed E-state index contributed by atoms with van der Waals surface area (Å²) in [6, 6.07) is 4.16. The van der Waals surface area contributed by atoms with Crippen molar-refractivity contribution in [3.8, 4) is 0 Å². The van der Waals surface area contributed by atoms with E-state index in [-0.39, 0.29) is 11.4 Å². The van der Waals surface area contributed by atoms with E-state index in [1.165, 1.54) is 18.3 Å². The lowest BCUT2D eigenvalue weighted by Crippen LogP contribution is -2.01. The SMILES string of the molecule is O=C(O)c1ccc(Nc2cc(F)c(F)c(F)c2)cn1. The summed E-state index contributed by atoms with van der Waals surface area (Å²) in [6.07, 6.45) is 1.18. The molecule has 0 amide bonds. The van der Waals surface area contributed by atoms with Crippen LogP contribution in [0.4, 0.5) is 24.5 Å². The van der Waals surface area contributed by atoms with Gasteiger partial charge in [0.25, 0.3) is 0 Å². The third-order valence-corrected chi connectivity index (χ3v) is 2.26. The number of carboxylic acids is 1. The van der Waals surface area contributed by atoms with Crippen LogP contribution in [0.1, 0.15) is 10.5 Å². The minimum atomic E-state index is -1.55. The maximum Gasteiger partial charge on any atom is 0.354 e. The number of carboxylic acid groups (broad SMARTS) is 1. The molecule has 0 atom stereocenters. The Hall–Kier alpha value is -2.57. The van der Waals surface area contributed by atoms with Crippen molar-refractivity contribution in [2.45, 2.75) is 0 Å². The quantitative estimate of drug-likeness (QED) is 0.840. The van der Waals surface area contributed by atoms with E-state index in [1.807, 2.05) is 0 Å². The number of nitrogens with one attached hydrogen (secondary N) is 1. The topological polar surface area (TPSA) is 62.2 Å². The van der Waals surface area contributed by atoms with E-state index in [9.17, 15) is 18.0 Å². The first-order chi connectivity index (χ1) is 8.97. The molecule has 0 saturated carbocycles. The molecular formula is C12H7F3N2O2. The van der Waals surface area contributed by atoms with E-state index in [4.69, 9.17) is 5.11 Å². The molecule has 7 heteroatoms. The number of halogens is 3. The molecule has 2 N–H and O–H groups in total. The molecule has 4 nitrogen and oxygen atoms in total. The number of carbonyl (C=O) groups is 1. The molecule has 0 aliphatic carbocycles. The Morgan fingerprint density at radius 3 is 2.21 bits per heavy atom. The van der Waals surface area contributed by atoms with Crippen molar-refractivity contribution in [3.63, 3.8) is 0 Å². The highest BCUT2D eigenvalue weighted by molar-refractivity contribution is 5.85. The molecule has 2 rings (SSSR count). The summed E-state index contributed by atoms with van der Waals surface area (Å²) >= 11 is 0. The van der Waals surface area contributed by atoms with Crippen molar-refractivity contribution in [1.29, 1.82) is 0 Å². The van der Waals surface area contributed by atoms with Gasteiger partial charge in [0, 0.05) is 17.8 Å². The first kappa shape index (κ1) is 12.9. The van der Waals surface area contributed by atoms with Gasteiger partial charge in [0.2, 0.25) is 0 Å². The minimum Gasteiger partial charge on any atom is -0.477 e. The van der Waals surface area contributed by atoms with E-state index < -0.39 is 23.4 Å². The summed E-state index contributed by atoms with van der Waals surface area (Å²) in [5.74, 6) is -5.38. The maximum absolute atomic E-state index is 13.0. The van der Waals surface area contributed by atoms with Gasteiger partial charge in [0.15, 0.2) is 17.5 Å². The van der Waals surface area contributed by atoms with Gasteiger partial charge in [-0.2, -0.15) is 0 Å². The van der Waals surface area contributed by atoms with Crippen LogP contribution in [0, 0.1) is 17.5 Å². The van der Waals surface area contributed by atoms with Gasteiger partial charge in [-0.15, -0.1) is 0 Å². The van der Waals surface area contributed by atoms with Crippen LogP contribution in [0.25, 0.3) is 0 Å². The molecule has 0 aliphatic heterocycles. The first-order valence-electron chi connectivity index (χ1n) is 5.08. The van der Waals surface area contributed by atoms with Gasteiger partial charge in [-0.1, -0.05) is 0 Å². The fourth-order valence-electron chi connectivity index (χ4n) is 1.39. The Balaban J connectivity index is 2.24. The predicted octanol–water partition coefficient (Wildman–Crippen LogP) is 2.94. The van der Waals surface area contributed by atoms with E-state index in [1.54, 1.807) is 0 Å². The third-order valence-electron chi connectivity index (χ3n) is 2.26. The van der Waals surface area contributed by atoms with Crippen molar-refractivity contribution >= 4 is 17.3 Å². The molecule has 1 aromatic heterocycles. The average Bonchev–Trinajstić information content (AvgIpc) is 2.36. The molecule has 1 aromatic carbocycles. The lowest BCUT2D eigenvalue weighted by Gasteiger charge is -2.07. The number of hydrogen-bond acceptors (Lipinski definition) is 3. The van der Waals surface area contributed by atoms with Crippen LogP contribution in [-0.4, -0.2) is 16.1 Å². The van der Waals surface area contributed by atoms with E-state index >= 15 is 0 Å². The summed E-state index contributed by atoms with van der Waals surface area (Å²) in [7, 11) is 0. The third kappa shape index (κ3) is 2.82. The number of nitrogens with zero attached hydrogens (tertiary/aromatic N) is 1. The number of anilines is 2. The highest BCUT2D eigenvalue weighted by atomic mass is 19.2. The summed E-state index contributed by atoms with van der Waals surface area (Å²) in [5.41, 5.74) is 0.138. The molecule has 0 saturated heterocycles. The number of benzene rings is 1. The Morgan fingerprint density at radius 1 is 1.11 bits per heavy atom. The maximum atomic E-state index is 13.0. The Labute approximate surface area is 105 Å². The predicted molar refractivity (Wildman–Crippen MR) is 60.8 cm³/mol. The molecule has 0 spiro atoms. The van der Waals surface area contributed by atoms with Crippen LogP contribution in [0.5, 0.6) is 0 Å². The van der Waals surface area contributed by atoms with Gasteiger partial charge in [-0.05, 0) is 12.1 Å². The van der Waals surface area contributed by atoms with Gasteiger partial charge in [-0.3, -0.25) is 0 Å². The fourth-order valence-corrected chi connectivity index (χ4v) is 1.39. The normalized spacial score (nSPS) is 10.3. The first-order valence-corrected chi connectivity index (χ1v) is 5.08. The van der Waals surface area contributed by atoms with Crippen molar-refractivity contribution in [2.24, 2.45) is 0 Å². The van der Waals surface area contributed by atoms with E-state index in [2.05, 4.69) is 10.3 Å². The standard InChI is InChI=1S/C12H7F3N2O2/c13-8-3-7(4-9(14)11(8)15)17-6-1-2-10(12(18)19)16-5-6/h1-5,17H,(H,18,19). The van der Waals surface area contributed by atoms with Crippen LogP contribution in [0.3, 0.4) is 0 Å². The number of aromatic nitrogens is 1. The van der Waals surface area contributed by atoms with Gasteiger partial charge >= 0.3 is 5.97 Å². The van der Waals surface area contributed by atoms with Crippen LogP contribution in [-0.2, 0) is 0 Å². The van der Waals surface area contributed by atoms with Crippen LogP contribution in [0.2, 0.25) is 0 Å². The zero-order chi connectivity index (χ0) is 14.0. The molecule has 0 fully saturated rings. The van der Waals surface area contributed by atoms with Crippen LogP contribution < -0.4 is 5.32 Å². The highest BCUT2D eigenvalue weighted by Gasteiger charge is 2.11.